The first-order chi connectivity index (χ1) is 9.52. The number of aryl methyl sites for hydroxylation is 1. The number of alkyl halides is 1. The fourth-order valence-corrected chi connectivity index (χ4v) is 2.45. The summed E-state index contributed by atoms with van der Waals surface area (Å²) in [4.78, 5) is 10.7. The van der Waals surface area contributed by atoms with Gasteiger partial charge in [0.25, 0.3) is 0 Å². The SMILES string of the molecule is Cc1cccc(Oc2ccc(Cl)cc2CBr)c1[N+](=O)[O-]. The molecule has 0 aliphatic heterocycles. The molecule has 20 heavy (non-hydrogen) atoms. The van der Waals surface area contributed by atoms with Crippen molar-refractivity contribution < 1.29 is 9.66 Å². The number of rotatable bonds is 4. The summed E-state index contributed by atoms with van der Waals surface area (Å²) in [5.41, 5.74) is 1.36. The van der Waals surface area contributed by atoms with Gasteiger partial charge in [-0.25, -0.2) is 0 Å². The quantitative estimate of drug-likeness (QED) is 0.427. The Bertz CT molecular complexity index is 661. The highest BCUT2D eigenvalue weighted by Crippen LogP contribution is 2.36. The van der Waals surface area contributed by atoms with Crippen LogP contribution in [0.1, 0.15) is 11.1 Å². The number of nitro benzene ring substituents is 1. The minimum atomic E-state index is -0.436. The van der Waals surface area contributed by atoms with E-state index >= 15 is 0 Å². The Balaban J connectivity index is 2.45. The Kier molecular flexibility index (Phi) is 4.62. The Morgan fingerprint density at radius 1 is 1.30 bits per heavy atom. The first-order valence-corrected chi connectivity index (χ1v) is 7.29. The zero-order valence-corrected chi connectivity index (χ0v) is 12.9. The number of benzene rings is 2. The maximum Gasteiger partial charge on any atom is 0.314 e. The third-order valence-electron chi connectivity index (χ3n) is 2.77. The van der Waals surface area contributed by atoms with Crippen molar-refractivity contribution in [1.29, 1.82) is 0 Å². The number of hydrogen-bond acceptors (Lipinski definition) is 3. The average Bonchev–Trinajstić information content (AvgIpc) is 2.40. The molecule has 0 radical (unpaired) electrons. The lowest BCUT2D eigenvalue weighted by atomic mass is 10.2. The maximum atomic E-state index is 11.1. The van der Waals surface area contributed by atoms with Gasteiger partial charge in [0.15, 0.2) is 0 Å². The lowest BCUT2D eigenvalue weighted by Crippen LogP contribution is -1.97. The van der Waals surface area contributed by atoms with Gasteiger partial charge < -0.3 is 4.74 Å². The van der Waals surface area contributed by atoms with Crippen LogP contribution in [-0.4, -0.2) is 4.92 Å². The molecule has 0 aliphatic rings. The van der Waals surface area contributed by atoms with E-state index in [0.29, 0.717) is 21.7 Å². The highest BCUT2D eigenvalue weighted by atomic mass is 79.9. The molecule has 2 aromatic carbocycles. The second-order valence-electron chi connectivity index (χ2n) is 4.17. The molecule has 0 aromatic heterocycles. The molecule has 0 N–H and O–H groups in total. The van der Waals surface area contributed by atoms with Gasteiger partial charge in [0.05, 0.1) is 4.92 Å². The van der Waals surface area contributed by atoms with Crippen molar-refractivity contribution in [2.45, 2.75) is 12.3 Å². The molecule has 2 aromatic rings. The number of nitrogens with zero attached hydrogens (tertiary/aromatic N) is 1. The van der Waals surface area contributed by atoms with Crippen LogP contribution in [-0.2, 0) is 5.33 Å². The van der Waals surface area contributed by atoms with Gasteiger partial charge in [-0.05, 0) is 31.2 Å². The molecule has 6 heteroatoms. The smallest absolute Gasteiger partial charge is 0.314 e. The van der Waals surface area contributed by atoms with Crippen molar-refractivity contribution in [2.75, 3.05) is 0 Å². The van der Waals surface area contributed by atoms with E-state index in [9.17, 15) is 10.1 Å². The van der Waals surface area contributed by atoms with Crippen LogP contribution < -0.4 is 4.74 Å². The van der Waals surface area contributed by atoms with Gasteiger partial charge in [-0.2, -0.15) is 0 Å². The first kappa shape index (κ1) is 14.8. The molecule has 0 fully saturated rings. The second-order valence-corrected chi connectivity index (χ2v) is 5.16. The second kappa shape index (κ2) is 6.24. The summed E-state index contributed by atoms with van der Waals surface area (Å²) in [6.45, 7) is 1.68. The summed E-state index contributed by atoms with van der Waals surface area (Å²) < 4.78 is 5.70. The third kappa shape index (κ3) is 3.11. The molecule has 2 rings (SSSR count). The van der Waals surface area contributed by atoms with E-state index in [0.717, 1.165) is 5.56 Å². The van der Waals surface area contributed by atoms with Crippen LogP contribution in [0.4, 0.5) is 5.69 Å². The van der Waals surface area contributed by atoms with Gasteiger partial charge in [-0.1, -0.05) is 39.7 Å². The minimum Gasteiger partial charge on any atom is -0.450 e. The number of halogens is 2. The largest absolute Gasteiger partial charge is 0.450 e. The number of nitro groups is 1. The molecule has 104 valence electrons. The lowest BCUT2D eigenvalue weighted by molar-refractivity contribution is -0.386. The lowest BCUT2D eigenvalue weighted by Gasteiger charge is -2.11. The van der Waals surface area contributed by atoms with E-state index < -0.39 is 4.92 Å². The van der Waals surface area contributed by atoms with Crippen LogP contribution in [0.5, 0.6) is 11.5 Å². The van der Waals surface area contributed by atoms with E-state index in [2.05, 4.69) is 15.9 Å². The molecule has 0 bridgehead atoms. The predicted molar refractivity (Wildman–Crippen MR) is 82.0 cm³/mol. The number of para-hydroxylation sites is 1. The molecule has 0 atom stereocenters. The summed E-state index contributed by atoms with van der Waals surface area (Å²) >= 11 is 9.27. The molecular weight excluding hydrogens is 346 g/mol. The number of ether oxygens (including phenoxy) is 1. The Labute approximate surface area is 129 Å². The Morgan fingerprint density at radius 3 is 2.70 bits per heavy atom. The van der Waals surface area contributed by atoms with Crippen LogP contribution in [0.15, 0.2) is 36.4 Å². The van der Waals surface area contributed by atoms with Gasteiger partial charge in [0.1, 0.15) is 5.75 Å². The Morgan fingerprint density at radius 2 is 2.05 bits per heavy atom. The van der Waals surface area contributed by atoms with Crippen LogP contribution in [0.25, 0.3) is 0 Å². The van der Waals surface area contributed by atoms with Gasteiger partial charge in [0, 0.05) is 21.5 Å². The molecule has 4 nitrogen and oxygen atoms in total. The standard InChI is InChI=1S/C14H11BrClNO3/c1-9-3-2-4-13(14(9)17(18)19)20-12-6-5-11(16)7-10(12)8-15/h2-7H,8H2,1H3. The first-order valence-electron chi connectivity index (χ1n) is 5.79. The molecule has 0 unspecified atom stereocenters. The van der Waals surface area contributed by atoms with Crippen molar-refractivity contribution in [3.8, 4) is 11.5 Å². The van der Waals surface area contributed by atoms with Crippen LogP contribution in [0, 0.1) is 17.0 Å². The summed E-state index contributed by atoms with van der Waals surface area (Å²) in [7, 11) is 0. The topological polar surface area (TPSA) is 52.4 Å². The predicted octanol–water partition coefficient (Wildman–Crippen LogP) is 5.24. The van der Waals surface area contributed by atoms with Crippen LogP contribution >= 0.6 is 27.5 Å². The van der Waals surface area contributed by atoms with E-state index in [4.69, 9.17) is 16.3 Å². The van der Waals surface area contributed by atoms with Gasteiger partial charge >= 0.3 is 5.69 Å². The van der Waals surface area contributed by atoms with E-state index in [1.54, 1.807) is 43.3 Å². The maximum absolute atomic E-state index is 11.1. The molecule has 0 aliphatic carbocycles. The van der Waals surface area contributed by atoms with Gasteiger partial charge in [-0.15, -0.1) is 0 Å². The zero-order chi connectivity index (χ0) is 14.7. The normalized spacial score (nSPS) is 10.3. The molecule has 0 spiro atoms. The summed E-state index contributed by atoms with van der Waals surface area (Å²) in [6.07, 6.45) is 0. The van der Waals surface area contributed by atoms with Crippen LogP contribution in [0.2, 0.25) is 5.02 Å². The van der Waals surface area contributed by atoms with Crippen molar-refractivity contribution in [3.63, 3.8) is 0 Å². The van der Waals surface area contributed by atoms with Crippen molar-refractivity contribution in [2.24, 2.45) is 0 Å². The highest BCUT2D eigenvalue weighted by molar-refractivity contribution is 9.08. The zero-order valence-electron chi connectivity index (χ0n) is 10.6. The fourth-order valence-electron chi connectivity index (χ4n) is 1.82. The van der Waals surface area contributed by atoms with E-state index in [1.165, 1.54) is 0 Å². The molecule has 0 heterocycles. The minimum absolute atomic E-state index is 0.0250. The summed E-state index contributed by atoms with van der Waals surface area (Å²) in [5, 5.41) is 12.3. The molecule has 0 saturated carbocycles. The van der Waals surface area contributed by atoms with Gasteiger partial charge in [-0.3, -0.25) is 10.1 Å². The fraction of sp³-hybridized carbons (Fsp3) is 0.143. The average molecular weight is 357 g/mol. The third-order valence-corrected chi connectivity index (χ3v) is 3.61. The Hall–Kier alpha value is -1.59. The van der Waals surface area contributed by atoms with E-state index in [1.807, 2.05) is 0 Å². The highest BCUT2D eigenvalue weighted by Gasteiger charge is 2.19. The molecular formula is C14H11BrClNO3. The summed E-state index contributed by atoms with van der Waals surface area (Å²) in [5.74, 6) is 0.763. The summed E-state index contributed by atoms with van der Waals surface area (Å²) in [6, 6.07) is 10.1. The van der Waals surface area contributed by atoms with Crippen LogP contribution in [0.3, 0.4) is 0 Å². The molecule has 0 saturated heterocycles. The number of hydrogen-bond donors (Lipinski definition) is 0. The van der Waals surface area contributed by atoms with Crippen molar-refractivity contribution in [1.82, 2.24) is 0 Å². The van der Waals surface area contributed by atoms with Crippen molar-refractivity contribution in [3.05, 3.63) is 62.7 Å². The molecule has 0 amide bonds. The monoisotopic (exact) mass is 355 g/mol. The van der Waals surface area contributed by atoms with E-state index in [-0.39, 0.29) is 11.4 Å². The van der Waals surface area contributed by atoms with Gasteiger partial charge in [0.2, 0.25) is 5.75 Å². The van der Waals surface area contributed by atoms with Crippen molar-refractivity contribution >= 4 is 33.2 Å².